The number of alkyl halides is 3. The van der Waals surface area contributed by atoms with Gasteiger partial charge in [-0.3, -0.25) is 9.59 Å². The Labute approximate surface area is 185 Å². The third-order valence-corrected chi connectivity index (χ3v) is 4.61. The van der Waals surface area contributed by atoms with Gasteiger partial charge < -0.3 is 30.5 Å². The molecule has 9 nitrogen and oxygen atoms in total. The lowest BCUT2D eigenvalue weighted by Gasteiger charge is -2.16. The lowest BCUT2D eigenvalue weighted by molar-refractivity contribution is -0.141. The van der Waals surface area contributed by atoms with Crippen molar-refractivity contribution in [3.05, 3.63) is 59.2 Å². The van der Waals surface area contributed by atoms with Gasteiger partial charge in [-0.15, -0.1) is 0 Å². The van der Waals surface area contributed by atoms with Crippen molar-refractivity contribution in [3.8, 4) is 11.5 Å². The van der Waals surface area contributed by atoms with Gasteiger partial charge in [0.2, 0.25) is 12.7 Å². The number of aliphatic carboxylic acids is 1. The Bertz CT molecular complexity index is 1040. The van der Waals surface area contributed by atoms with Crippen LogP contribution in [0.4, 0.5) is 13.2 Å². The van der Waals surface area contributed by atoms with Gasteiger partial charge in [0.1, 0.15) is 6.04 Å². The van der Waals surface area contributed by atoms with Crippen molar-refractivity contribution in [2.24, 2.45) is 0 Å². The number of ether oxygens (including phenoxy) is 2. The Kier molecular flexibility index (Phi) is 7.38. The zero-order valence-corrected chi connectivity index (χ0v) is 17.1. The van der Waals surface area contributed by atoms with Gasteiger partial charge in [0.05, 0.1) is 12.1 Å². The summed E-state index contributed by atoms with van der Waals surface area (Å²) in [7, 11) is 0. The van der Waals surface area contributed by atoms with E-state index in [-0.39, 0.29) is 18.9 Å². The van der Waals surface area contributed by atoms with Gasteiger partial charge in [0, 0.05) is 18.7 Å². The minimum Gasteiger partial charge on any atom is -0.480 e. The van der Waals surface area contributed by atoms with Crippen LogP contribution in [0.25, 0.3) is 0 Å². The van der Waals surface area contributed by atoms with E-state index in [2.05, 4.69) is 16.0 Å². The molecule has 2 amide bonds. The van der Waals surface area contributed by atoms with Gasteiger partial charge in [-0.2, -0.15) is 13.2 Å². The molecule has 0 spiro atoms. The number of carboxylic acid groups (broad SMARTS) is 1. The molecule has 2 aromatic rings. The van der Waals surface area contributed by atoms with Crippen molar-refractivity contribution >= 4 is 17.8 Å². The van der Waals surface area contributed by atoms with E-state index in [1.807, 2.05) is 0 Å². The molecule has 1 aliphatic heterocycles. The predicted octanol–water partition coefficient (Wildman–Crippen LogP) is 1.52. The molecule has 0 fully saturated rings. The smallest absolute Gasteiger partial charge is 0.416 e. The molecular formula is C21H20F3N3O6. The third-order valence-electron chi connectivity index (χ3n) is 4.61. The largest absolute Gasteiger partial charge is 0.480 e. The highest BCUT2D eigenvalue weighted by Gasteiger charge is 2.31. The Hall–Kier alpha value is -3.80. The number of rotatable bonds is 9. The topological polar surface area (TPSA) is 126 Å². The van der Waals surface area contributed by atoms with Gasteiger partial charge in [-0.25, -0.2) is 4.79 Å². The maximum atomic E-state index is 12.8. The van der Waals surface area contributed by atoms with E-state index < -0.39 is 42.1 Å². The number of hydrogen-bond acceptors (Lipinski definition) is 6. The van der Waals surface area contributed by atoms with Crippen LogP contribution in [0.5, 0.6) is 11.5 Å². The number of benzene rings is 2. The third kappa shape index (κ3) is 6.59. The van der Waals surface area contributed by atoms with Gasteiger partial charge in [0.15, 0.2) is 11.5 Å². The van der Waals surface area contributed by atoms with Crippen LogP contribution in [-0.2, 0) is 22.3 Å². The molecule has 33 heavy (non-hydrogen) atoms. The second-order valence-electron chi connectivity index (χ2n) is 7.04. The number of carboxylic acids is 1. The Morgan fingerprint density at radius 3 is 2.55 bits per heavy atom. The zero-order chi connectivity index (χ0) is 24.0. The minimum atomic E-state index is -4.62. The van der Waals surface area contributed by atoms with Crippen LogP contribution in [0.15, 0.2) is 42.5 Å². The van der Waals surface area contributed by atoms with Crippen molar-refractivity contribution in [2.75, 3.05) is 19.9 Å². The molecule has 4 N–H and O–H groups in total. The first-order valence-electron chi connectivity index (χ1n) is 9.70. The zero-order valence-electron chi connectivity index (χ0n) is 17.1. The maximum Gasteiger partial charge on any atom is 0.416 e. The number of fused-ring (bicyclic) bond motifs is 1. The summed E-state index contributed by atoms with van der Waals surface area (Å²) < 4.78 is 48.8. The number of carbonyl (C=O) groups excluding carboxylic acids is 2. The highest BCUT2D eigenvalue weighted by molar-refractivity contribution is 5.97. The quantitative estimate of drug-likeness (QED) is 0.441. The van der Waals surface area contributed by atoms with Crippen LogP contribution in [-0.4, -0.2) is 48.8 Å². The fourth-order valence-electron chi connectivity index (χ4n) is 2.96. The number of halogens is 3. The average Bonchev–Trinajstić information content (AvgIpc) is 3.24. The lowest BCUT2D eigenvalue weighted by Crippen LogP contribution is -2.50. The van der Waals surface area contributed by atoms with Crippen molar-refractivity contribution in [1.29, 1.82) is 0 Å². The summed E-state index contributed by atoms with van der Waals surface area (Å²) in [5, 5.41) is 16.6. The average molecular weight is 467 g/mol. The highest BCUT2D eigenvalue weighted by atomic mass is 19.4. The fraction of sp³-hybridized carbons (Fsp3) is 0.286. The van der Waals surface area contributed by atoms with Gasteiger partial charge in [0.25, 0.3) is 5.91 Å². The normalized spacial score (nSPS) is 13.3. The molecule has 0 unspecified atom stereocenters. The van der Waals surface area contributed by atoms with Crippen LogP contribution < -0.4 is 25.4 Å². The van der Waals surface area contributed by atoms with E-state index in [9.17, 15) is 32.7 Å². The molecule has 0 aliphatic carbocycles. The van der Waals surface area contributed by atoms with Crippen molar-refractivity contribution < 1.29 is 42.1 Å². The van der Waals surface area contributed by atoms with Crippen molar-refractivity contribution in [3.63, 3.8) is 0 Å². The van der Waals surface area contributed by atoms with Gasteiger partial charge >= 0.3 is 12.1 Å². The second-order valence-corrected chi connectivity index (χ2v) is 7.04. The Morgan fingerprint density at radius 2 is 1.82 bits per heavy atom. The molecule has 0 radical (unpaired) electrons. The van der Waals surface area contributed by atoms with Crippen LogP contribution in [0, 0.1) is 0 Å². The lowest BCUT2D eigenvalue weighted by atomic mass is 10.1. The Balaban J connectivity index is 1.47. The SMILES string of the molecule is O=C(CNC(=O)c1cccc(C(F)(F)F)c1)N[C@@H](CNCc1ccc2c(c1)OCO2)C(=O)O. The van der Waals surface area contributed by atoms with E-state index in [1.165, 1.54) is 6.07 Å². The number of carbonyl (C=O) groups is 3. The fourth-order valence-corrected chi connectivity index (χ4v) is 2.96. The molecule has 0 bridgehead atoms. The summed E-state index contributed by atoms with van der Waals surface area (Å²) in [6.45, 7) is -0.301. The molecule has 1 aliphatic rings. The summed E-state index contributed by atoms with van der Waals surface area (Å²) in [5.74, 6) is -1.82. The molecule has 0 saturated heterocycles. The second kappa shape index (κ2) is 10.2. The molecule has 176 valence electrons. The van der Waals surface area contributed by atoms with Crippen LogP contribution in [0.2, 0.25) is 0 Å². The molecule has 12 heteroatoms. The molecule has 3 rings (SSSR count). The molecule has 0 aromatic heterocycles. The van der Waals surface area contributed by atoms with Gasteiger partial charge in [-0.05, 0) is 35.9 Å². The summed E-state index contributed by atoms with van der Waals surface area (Å²) in [6, 6.07) is 7.67. The molecule has 2 aromatic carbocycles. The monoisotopic (exact) mass is 467 g/mol. The summed E-state index contributed by atoms with van der Waals surface area (Å²) in [6.07, 6.45) is -4.62. The molecule has 1 heterocycles. The van der Waals surface area contributed by atoms with E-state index in [1.54, 1.807) is 18.2 Å². The van der Waals surface area contributed by atoms with E-state index in [0.29, 0.717) is 24.1 Å². The maximum absolute atomic E-state index is 12.8. The highest BCUT2D eigenvalue weighted by Crippen LogP contribution is 2.32. The summed E-state index contributed by atoms with van der Waals surface area (Å²) in [4.78, 5) is 35.5. The molecule has 0 saturated carbocycles. The Morgan fingerprint density at radius 1 is 1.06 bits per heavy atom. The molecule has 1 atom stereocenters. The number of nitrogens with one attached hydrogen (secondary N) is 3. The minimum absolute atomic E-state index is 0.114. The predicted molar refractivity (Wildman–Crippen MR) is 108 cm³/mol. The van der Waals surface area contributed by atoms with E-state index in [4.69, 9.17) is 9.47 Å². The summed E-state index contributed by atoms with van der Waals surface area (Å²) in [5.41, 5.74) is -0.472. The first kappa shape index (κ1) is 23.9. The number of amides is 2. The van der Waals surface area contributed by atoms with Crippen molar-refractivity contribution in [1.82, 2.24) is 16.0 Å². The first-order chi connectivity index (χ1) is 15.6. The molecular weight excluding hydrogens is 447 g/mol. The summed E-state index contributed by atoms with van der Waals surface area (Å²) >= 11 is 0. The van der Waals surface area contributed by atoms with Crippen LogP contribution >= 0.6 is 0 Å². The number of hydrogen-bond donors (Lipinski definition) is 4. The van der Waals surface area contributed by atoms with Gasteiger partial charge in [-0.1, -0.05) is 12.1 Å². The van der Waals surface area contributed by atoms with Crippen LogP contribution in [0.3, 0.4) is 0 Å². The van der Waals surface area contributed by atoms with Crippen LogP contribution in [0.1, 0.15) is 21.5 Å². The standard InChI is InChI=1S/C21H20F3N3O6/c22-21(23,24)14-3-1-2-13(7-14)19(29)26-10-18(28)27-15(20(30)31)9-25-8-12-4-5-16-17(6-12)33-11-32-16/h1-7,15,25H,8-11H2,(H,26,29)(H,27,28)(H,30,31)/t15-/m0/s1. The van der Waals surface area contributed by atoms with E-state index >= 15 is 0 Å². The first-order valence-corrected chi connectivity index (χ1v) is 9.70. The van der Waals surface area contributed by atoms with Crippen molar-refractivity contribution in [2.45, 2.75) is 18.8 Å². The van der Waals surface area contributed by atoms with E-state index in [0.717, 1.165) is 17.7 Å².